The molecule has 2 rings (SSSR count). The van der Waals surface area contributed by atoms with E-state index < -0.39 is 65.5 Å². The molecular weight excluding hydrogens is 607 g/mol. The van der Waals surface area contributed by atoms with Crippen LogP contribution in [-0.4, -0.2) is 81.3 Å². The number of aliphatic hydroxyl groups is 2. The van der Waals surface area contributed by atoms with Crippen LogP contribution in [0.3, 0.4) is 0 Å². The van der Waals surface area contributed by atoms with Gasteiger partial charge in [0.05, 0.1) is 24.6 Å². The summed E-state index contributed by atoms with van der Waals surface area (Å²) in [5, 5.41) is 29.6. The van der Waals surface area contributed by atoms with Crippen molar-refractivity contribution in [1.29, 1.82) is 0 Å². The Balaban J connectivity index is 2.16. The fourth-order valence-electron chi connectivity index (χ4n) is 5.71. The molecule has 0 radical (unpaired) electrons. The van der Waals surface area contributed by atoms with E-state index in [0.717, 1.165) is 37.7 Å². The normalized spacial score (nSPS) is 18.3. The van der Waals surface area contributed by atoms with Crippen molar-refractivity contribution < 1.29 is 37.2 Å². The van der Waals surface area contributed by atoms with Gasteiger partial charge in [-0.05, 0) is 36.7 Å². The molecule has 0 bridgehead atoms. The Morgan fingerprint density at radius 2 is 1.73 bits per heavy atom. The van der Waals surface area contributed by atoms with Gasteiger partial charge in [-0.2, -0.15) is 13.2 Å². The topological polar surface area (TPSA) is 128 Å². The molecule has 1 aromatic rings. The smallest absolute Gasteiger partial charge is 0.390 e. The van der Waals surface area contributed by atoms with Crippen molar-refractivity contribution in [2.75, 3.05) is 24.6 Å². The number of hydrogen-bond donors (Lipinski definition) is 5. The first-order valence-electron chi connectivity index (χ1n) is 15.9. The molecule has 1 saturated carbocycles. The molecule has 0 aromatic heterocycles. The minimum atomic E-state index is -4.39. The van der Waals surface area contributed by atoms with Gasteiger partial charge in [-0.1, -0.05) is 76.3 Å². The Morgan fingerprint density at radius 1 is 1.07 bits per heavy atom. The molecule has 1 fully saturated rings. The minimum absolute atomic E-state index is 0.0810. The summed E-state index contributed by atoms with van der Waals surface area (Å²) in [4.78, 5) is 27.1. The van der Waals surface area contributed by atoms with Crippen LogP contribution in [0, 0.1) is 30.1 Å². The Kier molecular flexibility index (Phi) is 17.1. The highest BCUT2D eigenvalue weighted by Crippen LogP contribution is 2.29. The predicted octanol–water partition coefficient (Wildman–Crippen LogP) is 3.48. The maximum absolute atomic E-state index is 13.6. The largest absolute Gasteiger partial charge is 0.401 e. The van der Waals surface area contributed by atoms with E-state index in [1.165, 1.54) is 0 Å². The zero-order valence-electron chi connectivity index (χ0n) is 26.4. The lowest BCUT2D eigenvalue weighted by Crippen LogP contribution is -2.56. The quantitative estimate of drug-likeness (QED) is 0.115. The van der Waals surface area contributed by atoms with Crippen molar-refractivity contribution in [3.63, 3.8) is 0 Å². The van der Waals surface area contributed by atoms with Crippen molar-refractivity contribution in [1.82, 2.24) is 16.0 Å². The van der Waals surface area contributed by atoms with Crippen molar-refractivity contribution >= 4 is 22.6 Å². The summed E-state index contributed by atoms with van der Waals surface area (Å²) in [6, 6.07) is 7.12. The zero-order chi connectivity index (χ0) is 33.4. The van der Waals surface area contributed by atoms with Gasteiger partial charge in [0.1, 0.15) is 12.1 Å². The van der Waals surface area contributed by atoms with Crippen LogP contribution in [0.25, 0.3) is 0 Å². The van der Waals surface area contributed by atoms with E-state index in [9.17, 15) is 37.2 Å². The van der Waals surface area contributed by atoms with Crippen molar-refractivity contribution in [3.8, 4) is 12.3 Å². The third-order valence-electron chi connectivity index (χ3n) is 8.03. The van der Waals surface area contributed by atoms with Crippen molar-refractivity contribution in [2.45, 2.75) is 102 Å². The lowest BCUT2D eigenvalue weighted by atomic mass is 9.82. The van der Waals surface area contributed by atoms with Crippen LogP contribution in [0.5, 0.6) is 0 Å². The van der Waals surface area contributed by atoms with E-state index in [4.69, 9.17) is 6.42 Å². The number of carbonyl (C=O) groups excluding carboxylic acids is 2. The Labute approximate surface area is 268 Å². The molecule has 0 spiro atoms. The number of hydrogen-bond acceptors (Lipinski definition) is 6. The highest BCUT2D eigenvalue weighted by atomic mass is 32.2. The maximum Gasteiger partial charge on any atom is 0.401 e. The second-order valence-electron chi connectivity index (χ2n) is 12.5. The Bertz CT molecular complexity index is 1090. The summed E-state index contributed by atoms with van der Waals surface area (Å²) in [5.74, 6) is 0.622. The van der Waals surface area contributed by atoms with E-state index in [2.05, 4.69) is 21.9 Å². The fraction of sp³-hybridized carbons (Fsp3) is 0.697. The highest BCUT2D eigenvalue weighted by molar-refractivity contribution is 7.85. The molecule has 2 amide bonds. The number of rotatable bonds is 19. The number of alkyl halides is 3. The lowest BCUT2D eigenvalue weighted by molar-refractivity contribution is -0.132. The summed E-state index contributed by atoms with van der Waals surface area (Å²) >= 11 is 0. The Hall–Kier alpha value is -2.46. The summed E-state index contributed by atoms with van der Waals surface area (Å²) in [6.45, 7) is 2.52. The monoisotopic (exact) mass is 657 g/mol. The molecule has 0 saturated heterocycles. The molecular formula is C33H50F3N3O5S. The van der Waals surface area contributed by atoms with Gasteiger partial charge in [0.25, 0.3) is 0 Å². The molecule has 0 heterocycles. The Morgan fingerprint density at radius 3 is 2.33 bits per heavy atom. The van der Waals surface area contributed by atoms with Crippen LogP contribution in [-0.2, 0) is 26.8 Å². The van der Waals surface area contributed by atoms with Gasteiger partial charge in [-0.3, -0.25) is 13.8 Å². The second-order valence-corrected chi connectivity index (χ2v) is 14.1. The van der Waals surface area contributed by atoms with Crippen LogP contribution < -0.4 is 16.0 Å². The third-order valence-corrected chi connectivity index (χ3v) is 9.46. The molecule has 45 heavy (non-hydrogen) atoms. The van der Waals surface area contributed by atoms with Crippen LogP contribution in [0.15, 0.2) is 30.3 Å². The van der Waals surface area contributed by atoms with E-state index in [-0.39, 0.29) is 42.7 Å². The molecule has 1 aliphatic rings. The number of halogens is 3. The average Bonchev–Trinajstić information content (AvgIpc) is 2.98. The number of aliphatic hydroxyl groups excluding tert-OH is 2. The molecule has 6 atom stereocenters. The maximum atomic E-state index is 13.6. The standard InChI is InChI=1S/C33H50F3N3O5S/c1-4-11-27(32(43)39-28(20-25-14-9-6-10-15-25)30(41)29(40)18-23(2)3)38-31(42)26(19-24-12-7-5-8-13-24)21-45(44)17-16-37-22-33(34,35)36/h1,5,7-8,12-13,23,25-30,37,40-41H,6,9-11,14-22H2,2-3H3,(H,38,42)(H,39,43)/t26-,27+,28+,29+,30-,45?/m1/s1. The van der Waals surface area contributed by atoms with Crippen molar-refractivity contribution in [3.05, 3.63) is 35.9 Å². The highest BCUT2D eigenvalue weighted by Gasteiger charge is 2.34. The fourth-order valence-corrected chi connectivity index (χ4v) is 6.96. The molecule has 1 unspecified atom stereocenters. The van der Waals surface area contributed by atoms with Gasteiger partial charge in [-0.25, -0.2) is 0 Å². The third kappa shape index (κ3) is 15.6. The summed E-state index contributed by atoms with van der Waals surface area (Å²) in [5.41, 5.74) is 0.789. The second kappa shape index (κ2) is 19.9. The van der Waals surface area contributed by atoms with Crippen LogP contribution in [0.2, 0.25) is 0 Å². The van der Waals surface area contributed by atoms with E-state index in [0.29, 0.717) is 12.8 Å². The van der Waals surface area contributed by atoms with Gasteiger partial charge in [0.2, 0.25) is 11.8 Å². The molecule has 5 N–H and O–H groups in total. The molecule has 1 aliphatic carbocycles. The summed E-state index contributed by atoms with van der Waals surface area (Å²) in [6.07, 6.45) is 5.01. The number of carbonyl (C=O) groups is 2. The van der Waals surface area contributed by atoms with Gasteiger partial charge < -0.3 is 26.2 Å². The van der Waals surface area contributed by atoms with Gasteiger partial charge >= 0.3 is 6.18 Å². The number of nitrogens with one attached hydrogen (secondary N) is 3. The van der Waals surface area contributed by atoms with Crippen molar-refractivity contribution in [2.24, 2.45) is 17.8 Å². The number of benzene rings is 1. The average molecular weight is 658 g/mol. The first-order chi connectivity index (χ1) is 21.3. The lowest BCUT2D eigenvalue weighted by Gasteiger charge is -2.33. The molecule has 0 aliphatic heterocycles. The van der Waals surface area contributed by atoms with Gasteiger partial charge in [0.15, 0.2) is 0 Å². The van der Waals surface area contributed by atoms with Crippen LogP contribution in [0.4, 0.5) is 13.2 Å². The predicted molar refractivity (Wildman–Crippen MR) is 170 cm³/mol. The minimum Gasteiger partial charge on any atom is -0.390 e. The SMILES string of the molecule is C#CC[C@H](NC(=O)[C@H](Cc1ccccc1)CS(=O)CCNCC(F)(F)F)C(=O)N[C@@H](CC1CCCCC1)[C@@H](O)[C@@H](O)CC(C)C. The summed E-state index contributed by atoms with van der Waals surface area (Å²) < 4.78 is 50.2. The first-order valence-corrected chi connectivity index (χ1v) is 17.3. The molecule has 8 nitrogen and oxygen atoms in total. The molecule has 12 heteroatoms. The van der Waals surface area contributed by atoms with E-state index in [1.54, 1.807) is 24.3 Å². The van der Waals surface area contributed by atoms with Crippen LogP contribution >= 0.6 is 0 Å². The number of amides is 2. The summed E-state index contributed by atoms with van der Waals surface area (Å²) in [7, 11) is -1.62. The van der Waals surface area contributed by atoms with Gasteiger partial charge in [-0.15, -0.1) is 12.3 Å². The number of terminal acetylenes is 1. The molecule has 1 aromatic carbocycles. The molecule has 254 valence electrons. The van der Waals surface area contributed by atoms with Crippen LogP contribution in [0.1, 0.15) is 70.8 Å². The zero-order valence-corrected chi connectivity index (χ0v) is 27.2. The van der Waals surface area contributed by atoms with E-state index >= 15 is 0 Å². The van der Waals surface area contributed by atoms with Gasteiger partial charge in [0, 0.05) is 35.3 Å². The van der Waals surface area contributed by atoms with E-state index in [1.807, 2.05) is 19.9 Å². The first kappa shape index (κ1) is 38.7.